The Morgan fingerprint density at radius 3 is 2.65 bits per heavy atom. The molecule has 2 aromatic carbocycles. The third-order valence-corrected chi connectivity index (χ3v) is 4.91. The average Bonchev–Trinajstić information content (AvgIpc) is 3.10. The largest absolute Gasteiger partial charge is 0.322 e. The van der Waals surface area contributed by atoms with Crippen LogP contribution in [0.3, 0.4) is 0 Å². The van der Waals surface area contributed by atoms with Gasteiger partial charge in [0.1, 0.15) is 5.82 Å². The van der Waals surface area contributed by atoms with Gasteiger partial charge in [0.05, 0.1) is 10.9 Å². The van der Waals surface area contributed by atoms with Crippen LogP contribution in [0.1, 0.15) is 47.9 Å². The fourth-order valence-corrected chi connectivity index (χ4v) is 3.38. The average molecular weight is 347 g/mol. The lowest BCUT2D eigenvalue weighted by Gasteiger charge is -2.09. The van der Waals surface area contributed by atoms with E-state index >= 15 is 0 Å². The van der Waals surface area contributed by atoms with Crippen LogP contribution in [0.15, 0.2) is 47.3 Å². The Labute approximate surface area is 151 Å². The first-order valence-corrected chi connectivity index (χ1v) is 8.98. The maximum atomic E-state index is 12.6. The third-order valence-electron chi connectivity index (χ3n) is 4.91. The second kappa shape index (κ2) is 6.41. The number of nitrogens with one attached hydrogen (secondary N) is 1. The summed E-state index contributed by atoms with van der Waals surface area (Å²) in [6.07, 6.45) is 1.75. The van der Waals surface area contributed by atoms with E-state index in [1.165, 1.54) is 5.56 Å². The number of benzene rings is 2. The lowest BCUT2D eigenvalue weighted by atomic mass is 10.0. The fraction of sp³-hybridized carbons (Fsp3) is 0.286. The van der Waals surface area contributed by atoms with Crippen LogP contribution in [-0.4, -0.2) is 15.5 Å². The van der Waals surface area contributed by atoms with Crippen molar-refractivity contribution in [3.05, 3.63) is 69.8 Å². The number of aromatic nitrogens is 2. The molecule has 2 heterocycles. The zero-order valence-electron chi connectivity index (χ0n) is 15.0. The van der Waals surface area contributed by atoms with Gasteiger partial charge < -0.3 is 5.32 Å². The molecule has 1 aromatic heterocycles. The predicted molar refractivity (Wildman–Crippen MR) is 103 cm³/mol. The fourth-order valence-electron chi connectivity index (χ4n) is 3.38. The molecular weight excluding hydrogens is 326 g/mol. The molecule has 1 aliphatic heterocycles. The molecule has 5 heteroatoms. The van der Waals surface area contributed by atoms with Crippen LogP contribution < -0.4 is 10.9 Å². The maximum absolute atomic E-state index is 12.6. The molecule has 0 fully saturated rings. The highest BCUT2D eigenvalue weighted by molar-refractivity contribution is 6.06. The van der Waals surface area contributed by atoms with Gasteiger partial charge in [-0.15, -0.1) is 0 Å². The van der Waals surface area contributed by atoms with Gasteiger partial charge in [0.25, 0.3) is 11.5 Å². The standard InChI is InChI=1S/C21H21N3O2/c1-13(2)14-5-8-16(9-6-14)22-20(25)15-7-10-17-18(12-15)23-19-4-3-11-24(19)21(17)26/h5-10,12-13H,3-4,11H2,1-2H3,(H,22,25). The summed E-state index contributed by atoms with van der Waals surface area (Å²) in [4.78, 5) is 29.7. The van der Waals surface area contributed by atoms with Gasteiger partial charge in [-0.05, 0) is 48.2 Å². The van der Waals surface area contributed by atoms with E-state index in [2.05, 4.69) is 24.1 Å². The molecule has 0 saturated carbocycles. The van der Waals surface area contributed by atoms with E-state index in [4.69, 9.17) is 0 Å². The summed E-state index contributed by atoms with van der Waals surface area (Å²) in [6, 6.07) is 12.9. The van der Waals surface area contributed by atoms with Gasteiger partial charge in [-0.1, -0.05) is 26.0 Å². The molecule has 0 bridgehead atoms. The van der Waals surface area contributed by atoms with Crippen molar-refractivity contribution in [3.8, 4) is 0 Å². The van der Waals surface area contributed by atoms with Gasteiger partial charge >= 0.3 is 0 Å². The molecule has 0 unspecified atom stereocenters. The van der Waals surface area contributed by atoms with Gasteiger partial charge in [0, 0.05) is 24.2 Å². The highest BCUT2D eigenvalue weighted by atomic mass is 16.1. The molecule has 1 N–H and O–H groups in total. The number of amides is 1. The van der Waals surface area contributed by atoms with E-state index in [9.17, 15) is 9.59 Å². The molecule has 5 nitrogen and oxygen atoms in total. The maximum Gasteiger partial charge on any atom is 0.261 e. The first kappa shape index (κ1) is 16.5. The molecule has 132 valence electrons. The van der Waals surface area contributed by atoms with Crippen molar-refractivity contribution in [2.24, 2.45) is 0 Å². The van der Waals surface area contributed by atoms with E-state index in [-0.39, 0.29) is 11.5 Å². The highest BCUT2D eigenvalue weighted by Gasteiger charge is 2.17. The van der Waals surface area contributed by atoms with Crippen LogP contribution in [0, 0.1) is 0 Å². The molecule has 1 aliphatic rings. The molecule has 3 aromatic rings. The molecule has 0 aliphatic carbocycles. The van der Waals surface area contributed by atoms with Crippen LogP contribution >= 0.6 is 0 Å². The Hall–Kier alpha value is -2.95. The number of carbonyl (C=O) groups is 1. The molecule has 0 radical (unpaired) electrons. The summed E-state index contributed by atoms with van der Waals surface area (Å²) in [6.45, 7) is 5.00. The van der Waals surface area contributed by atoms with Crippen LogP contribution in [-0.2, 0) is 13.0 Å². The Morgan fingerprint density at radius 2 is 1.92 bits per heavy atom. The van der Waals surface area contributed by atoms with Crippen molar-refractivity contribution in [1.82, 2.24) is 9.55 Å². The van der Waals surface area contributed by atoms with Crippen molar-refractivity contribution in [3.63, 3.8) is 0 Å². The van der Waals surface area contributed by atoms with E-state index in [0.717, 1.165) is 30.9 Å². The Morgan fingerprint density at radius 1 is 1.15 bits per heavy atom. The number of rotatable bonds is 3. The van der Waals surface area contributed by atoms with Crippen molar-refractivity contribution in [2.75, 3.05) is 5.32 Å². The zero-order chi connectivity index (χ0) is 18.3. The Bertz CT molecular complexity index is 1050. The number of anilines is 1. The molecule has 0 saturated heterocycles. The second-order valence-electron chi connectivity index (χ2n) is 7.05. The molecule has 0 atom stereocenters. The van der Waals surface area contributed by atoms with Crippen LogP contribution in [0.4, 0.5) is 5.69 Å². The minimum absolute atomic E-state index is 0.0151. The quantitative estimate of drug-likeness (QED) is 0.785. The van der Waals surface area contributed by atoms with E-state index in [1.54, 1.807) is 22.8 Å². The number of hydrogen-bond donors (Lipinski definition) is 1. The molecule has 0 spiro atoms. The van der Waals surface area contributed by atoms with Crippen molar-refractivity contribution in [2.45, 2.75) is 39.2 Å². The van der Waals surface area contributed by atoms with Gasteiger partial charge in [0.15, 0.2) is 0 Å². The Kier molecular flexibility index (Phi) is 4.07. The van der Waals surface area contributed by atoms with E-state index < -0.39 is 0 Å². The first-order chi connectivity index (χ1) is 12.5. The van der Waals surface area contributed by atoms with Crippen LogP contribution in [0.5, 0.6) is 0 Å². The zero-order valence-corrected chi connectivity index (χ0v) is 15.0. The highest BCUT2D eigenvalue weighted by Crippen LogP contribution is 2.19. The molecule has 4 rings (SSSR count). The smallest absolute Gasteiger partial charge is 0.261 e. The summed E-state index contributed by atoms with van der Waals surface area (Å²) in [5, 5.41) is 3.47. The van der Waals surface area contributed by atoms with Gasteiger partial charge in [-0.2, -0.15) is 0 Å². The summed E-state index contributed by atoms with van der Waals surface area (Å²) in [7, 11) is 0. The molecule has 26 heavy (non-hydrogen) atoms. The number of carbonyl (C=O) groups excluding carboxylic acids is 1. The minimum atomic E-state index is -0.202. The van der Waals surface area contributed by atoms with Crippen molar-refractivity contribution in [1.29, 1.82) is 0 Å². The SMILES string of the molecule is CC(C)c1ccc(NC(=O)c2ccc3c(=O)n4c(nc3c2)CCC4)cc1. The first-order valence-electron chi connectivity index (χ1n) is 8.98. The lowest BCUT2D eigenvalue weighted by molar-refractivity contribution is 0.102. The second-order valence-corrected chi connectivity index (χ2v) is 7.05. The monoisotopic (exact) mass is 347 g/mol. The van der Waals surface area contributed by atoms with E-state index in [1.807, 2.05) is 24.3 Å². The normalized spacial score (nSPS) is 13.2. The van der Waals surface area contributed by atoms with Crippen molar-refractivity contribution >= 4 is 22.5 Å². The predicted octanol–water partition coefficient (Wildman–Crippen LogP) is 3.72. The van der Waals surface area contributed by atoms with Crippen molar-refractivity contribution < 1.29 is 4.79 Å². The molecular formula is C21H21N3O2. The summed E-state index contributed by atoms with van der Waals surface area (Å²) < 4.78 is 1.73. The summed E-state index contributed by atoms with van der Waals surface area (Å²) in [5.41, 5.74) is 3.05. The number of nitrogens with zero attached hydrogens (tertiary/aromatic N) is 2. The van der Waals surface area contributed by atoms with Gasteiger partial charge in [-0.25, -0.2) is 4.98 Å². The van der Waals surface area contributed by atoms with Gasteiger partial charge in [0.2, 0.25) is 0 Å². The minimum Gasteiger partial charge on any atom is -0.322 e. The summed E-state index contributed by atoms with van der Waals surface area (Å²) in [5.74, 6) is 1.06. The third kappa shape index (κ3) is 2.90. The van der Waals surface area contributed by atoms with Crippen LogP contribution in [0.2, 0.25) is 0 Å². The Balaban J connectivity index is 1.63. The van der Waals surface area contributed by atoms with Crippen LogP contribution in [0.25, 0.3) is 10.9 Å². The number of aryl methyl sites for hydroxylation is 1. The summed E-state index contributed by atoms with van der Waals surface area (Å²) >= 11 is 0. The number of hydrogen-bond acceptors (Lipinski definition) is 3. The van der Waals surface area contributed by atoms with Gasteiger partial charge in [-0.3, -0.25) is 14.2 Å². The number of fused-ring (bicyclic) bond motifs is 2. The topological polar surface area (TPSA) is 64.0 Å². The lowest BCUT2D eigenvalue weighted by Crippen LogP contribution is -2.21. The molecule has 1 amide bonds. The van der Waals surface area contributed by atoms with E-state index in [0.29, 0.717) is 22.4 Å².